The van der Waals surface area contributed by atoms with Gasteiger partial charge in [-0.3, -0.25) is 14.5 Å². The molecule has 0 spiro atoms. The first-order chi connectivity index (χ1) is 8.76. The summed E-state index contributed by atoms with van der Waals surface area (Å²) in [4.78, 5) is 24.3. The van der Waals surface area contributed by atoms with Gasteiger partial charge in [0.2, 0.25) is 12.3 Å². The fourth-order valence-electron chi connectivity index (χ4n) is 2.21. The zero-order valence-electron chi connectivity index (χ0n) is 10.1. The number of amides is 2. The van der Waals surface area contributed by atoms with Gasteiger partial charge < -0.3 is 5.73 Å². The van der Waals surface area contributed by atoms with Crippen molar-refractivity contribution in [2.24, 2.45) is 11.7 Å². The number of H-pyrrole nitrogens is 1. The molecule has 1 aromatic heterocycles. The van der Waals surface area contributed by atoms with Crippen LogP contribution in [0, 0.1) is 5.92 Å². The first-order valence-electron chi connectivity index (χ1n) is 6.10. The van der Waals surface area contributed by atoms with E-state index >= 15 is 0 Å². The van der Waals surface area contributed by atoms with Crippen LogP contribution in [0.2, 0.25) is 0 Å². The van der Waals surface area contributed by atoms with Gasteiger partial charge in [-0.05, 0) is 25.8 Å². The van der Waals surface area contributed by atoms with Crippen molar-refractivity contribution in [3.05, 3.63) is 11.4 Å². The molecular formula is C11H17N5O2. The summed E-state index contributed by atoms with van der Waals surface area (Å²) in [5, 5.41) is 10.6. The van der Waals surface area contributed by atoms with Crippen LogP contribution >= 0.6 is 0 Å². The Kier molecular flexibility index (Phi) is 4.03. The van der Waals surface area contributed by atoms with E-state index in [9.17, 15) is 9.59 Å². The lowest BCUT2D eigenvalue weighted by molar-refractivity contribution is -0.141. The number of carbonyl (C=O) groups is 2. The number of nitrogens with one attached hydrogen (secondary N) is 1. The van der Waals surface area contributed by atoms with Gasteiger partial charge in [0.05, 0.1) is 11.4 Å². The van der Waals surface area contributed by atoms with E-state index in [0.717, 1.165) is 17.8 Å². The smallest absolute Gasteiger partial charge is 0.232 e. The molecule has 2 amide bonds. The Morgan fingerprint density at radius 3 is 3.00 bits per heavy atom. The van der Waals surface area contributed by atoms with Crippen molar-refractivity contribution in [1.82, 2.24) is 20.3 Å². The fourth-order valence-corrected chi connectivity index (χ4v) is 2.21. The maximum Gasteiger partial charge on any atom is 0.232 e. The number of hydrogen-bond donors (Lipinski definition) is 2. The predicted octanol–water partition coefficient (Wildman–Crippen LogP) is -0.757. The number of imide groups is 1. The average Bonchev–Trinajstić information content (AvgIpc) is 2.86. The van der Waals surface area contributed by atoms with Crippen molar-refractivity contribution >= 4 is 12.3 Å². The normalized spacial score (nSPS) is 18.2. The Hall–Kier alpha value is -1.76. The van der Waals surface area contributed by atoms with Crippen LogP contribution in [0.3, 0.4) is 0 Å². The molecule has 0 aliphatic heterocycles. The van der Waals surface area contributed by atoms with E-state index in [-0.39, 0.29) is 11.8 Å². The predicted molar refractivity (Wildman–Crippen MR) is 63.3 cm³/mol. The standard InChI is InChI=1S/C11H17N5O2/c12-4-1-5-16(7-17)11(18)8-2-3-9-10(6-8)14-15-13-9/h7-8H,1-6,12H2,(H,13,14,15). The molecule has 7 heteroatoms. The van der Waals surface area contributed by atoms with Crippen molar-refractivity contribution in [1.29, 1.82) is 0 Å². The molecule has 1 aliphatic rings. The molecule has 0 bridgehead atoms. The monoisotopic (exact) mass is 251 g/mol. The minimum atomic E-state index is -0.175. The molecule has 98 valence electrons. The molecule has 1 aromatic rings. The number of hydrogen-bond acceptors (Lipinski definition) is 5. The van der Waals surface area contributed by atoms with E-state index in [1.54, 1.807) is 0 Å². The second-order valence-corrected chi connectivity index (χ2v) is 4.44. The summed E-state index contributed by atoms with van der Waals surface area (Å²) >= 11 is 0. The number of fused-ring (bicyclic) bond motifs is 1. The van der Waals surface area contributed by atoms with Gasteiger partial charge in [-0.1, -0.05) is 0 Å². The summed E-state index contributed by atoms with van der Waals surface area (Å²) in [5.41, 5.74) is 7.15. The number of aryl methyl sites for hydroxylation is 1. The van der Waals surface area contributed by atoms with Gasteiger partial charge in [-0.15, -0.1) is 0 Å². The Labute approximate surface area is 105 Å². The molecule has 0 saturated heterocycles. The van der Waals surface area contributed by atoms with E-state index in [2.05, 4.69) is 15.4 Å². The summed E-state index contributed by atoms with van der Waals surface area (Å²) in [5.74, 6) is -0.308. The van der Waals surface area contributed by atoms with Crippen LogP contribution in [-0.2, 0) is 22.4 Å². The summed E-state index contributed by atoms with van der Waals surface area (Å²) in [6.45, 7) is 0.858. The molecule has 1 atom stereocenters. The average molecular weight is 251 g/mol. The third kappa shape index (κ3) is 2.56. The number of aromatic nitrogens is 3. The van der Waals surface area contributed by atoms with E-state index in [1.165, 1.54) is 4.90 Å². The highest BCUT2D eigenvalue weighted by atomic mass is 16.2. The molecule has 0 aromatic carbocycles. The summed E-state index contributed by atoms with van der Waals surface area (Å²) in [6.07, 6.45) is 3.22. The molecular weight excluding hydrogens is 234 g/mol. The molecule has 3 N–H and O–H groups in total. The van der Waals surface area contributed by atoms with Crippen molar-refractivity contribution in [2.75, 3.05) is 13.1 Å². The third-order valence-electron chi connectivity index (χ3n) is 3.24. The lowest BCUT2D eigenvalue weighted by Crippen LogP contribution is -2.38. The Morgan fingerprint density at radius 1 is 1.50 bits per heavy atom. The number of carbonyl (C=O) groups excluding carboxylic acids is 2. The topological polar surface area (TPSA) is 105 Å². The second kappa shape index (κ2) is 5.72. The zero-order chi connectivity index (χ0) is 13.0. The van der Waals surface area contributed by atoms with Crippen molar-refractivity contribution in [2.45, 2.75) is 25.7 Å². The van der Waals surface area contributed by atoms with Gasteiger partial charge >= 0.3 is 0 Å². The lowest BCUT2D eigenvalue weighted by Gasteiger charge is -2.24. The van der Waals surface area contributed by atoms with Gasteiger partial charge in [0, 0.05) is 18.9 Å². The minimum absolute atomic E-state index is 0.132. The molecule has 1 heterocycles. The van der Waals surface area contributed by atoms with Gasteiger partial charge in [0.1, 0.15) is 0 Å². The zero-order valence-corrected chi connectivity index (χ0v) is 10.1. The lowest BCUT2D eigenvalue weighted by atomic mass is 9.89. The largest absolute Gasteiger partial charge is 0.330 e. The van der Waals surface area contributed by atoms with Crippen LogP contribution in [0.25, 0.3) is 0 Å². The number of nitrogens with two attached hydrogens (primary N) is 1. The van der Waals surface area contributed by atoms with Crippen LogP contribution in [0.1, 0.15) is 24.2 Å². The van der Waals surface area contributed by atoms with Crippen LogP contribution in [-0.4, -0.2) is 45.7 Å². The van der Waals surface area contributed by atoms with E-state index in [1.807, 2.05) is 0 Å². The van der Waals surface area contributed by atoms with E-state index < -0.39 is 0 Å². The maximum absolute atomic E-state index is 12.2. The number of aromatic amines is 1. The first kappa shape index (κ1) is 12.7. The van der Waals surface area contributed by atoms with Gasteiger partial charge in [-0.25, -0.2) is 0 Å². The van der Waals surface area contributed by atoms with Crippen molar-refractivity contribution < 1.29 is 9.59 Å². The summed E-state index contributed by atoms with van der Waals surface area (Å²) < 4.78 is 0. The summed E-state index contributed by atoms with van der Waals surface area (Å²) in [7, 11) is 0. The minimum Gasteiger partial charge on any atom is -0.330 e. The van der Waals surface area contributed by atoms with Crippen LogP contribution in [0.4, 0.5) is 0 Å². The Bertz CT molecular complexity index is 431. The van der Waals surface area contributed by atoms with Crippen LogP contribution in [0.15, 0.2) is 0 Å². The first-order valence-corrected chi connectivity index (χ1v) is 6.10. The van der Waals surface area contributed by atoms with Gasteiger partial charge in [-0.2, -0.15) is 15.4 Å². The highest BCUT2D eigenvalue weighted by molar-refractivity contribution is 5.88. The second-order valence-electron chi connectivity index (χ2n) is 4.44. The molecule has 2 rings (SSSR count). The van der Waals surface area contributed by atoms with E-state index in [0.29, 0.717) is 38.8 Å². The third-order valence-corrected chi connectivity index (χ3v) is 3.24. The van der Waals surface area contributed by atoms with Gasteiger partial charge in [0.25, 0.3) is 0 Å². The van der Waals surface area contributed by atoms with Crippen LogP contribution in [0.5, 0.6) is 0 Å². The molecule has 1 aliphatic carbocycles. The molecule has 0 fully saturated rings. The van der Waals surface area contributed by atoms with Crippen molar-refractivity contribution in [3.8, 4) is 0 Å². The maximum atomic E-state index is 12.2. The molecule has 1 unspecified atom stereocenters. The molecule has 18 heavy (non-hydrogen) atoms. The quantitative estimate of drug-likeness (QED) is 0.669. The molecule has 0 saturated carbocycles. The SMILES string of the molecule is NCCCN(C=O)C(=O)C1CCc2n[nH]nc2C1. The fraction of sp³-hybridized carbons (Fsp3) is 0.636. The molecule has 0 radical (unpaired) electrons. The van der Waals surface area contributed by atoms with Gasteiger partial charge in [0.15, 0.2) is 0 Å². The molecule has 7 nitrogen and oxygen atoms in total. The highest BCUT2D eigenvalue weighted by Gasteiger charge is 2.30. The van der Waals surface area contributed by atoms with E-state index in [4.69, 9.17) is 5.73 Å². The van der Waals surface area contributed by atoms with Crippen LogP contribution < -0.4 is 5.73 Å². The summed E-state index contributed by atoms with van der Waals surface area (Å²) in [6, 6.07) is 0. The van der Waals surface area contributed by atoms with Crippen molar-refractivity contribution in [3.63, 3.8) is 0 Å². The Morgan fingerprint density at radius 2 is 2.28 bits per heavy atom. The highest BCUT2D eigenvalue weighted by Crippen LogP contribution is 2.23. The Balaban J connectivity index is 1.99. The number of nitrogens with zero attached hydrogens (tertiary/aromatic N) is 3. The number of rotatable bonds is 5.